The number of benzene rings is 3. The molecule has 0 unspecified atom stereocenters. The molecule has 6 heteroatoms. The molecule has 0 aliphatic rings. The van der Waals surface area contributed by atoms with Crippen LogP contribution < -0.4 is 0 Å². The van der Waals surface area contributed by atoms with Gasteiger partial charge in [-0.1, -0.05) is 54.2 Å². The van der Waals surface area contributed by atoms with Gasteiger partial charge in [-0.25, -0.2) is 4.39 Å². The second kappa shape index (κ2) is 8.72. The van der Waals surface area contributed by atoms with Crippen molar-refractivity contribution in [1.82, 2.24) is 14.8 Å². The Morgan fingerprint density at radius 2 is 1.59 bits per heavy atom. The summed E-state index contributed by atoms with van der Waals surface area (Å²) < 4.78 is 15.4. The highest BCUT2D eigenvalue weighted by atomic mass is 32.2. The van der Waals surface area contributed by atoms with Gasteiger partial charge in [-0.05, 0) is 47.5 Å². The third kappa shape index (κ3) is 4.53. The van der Waals surface area contributed by atoms with Crippen LogP contribution in [0.25, 0.3) is 11.4 Å². The first-order chi connectivity index (χ1) is 14.2. The molecule has 29 heavy (non-hydrogen) atoms. The van der Waals surface area contributed by atoms with Gasteiger partial charge in [0.2, 0.25) is 0 Å². The van der Waals surface area contributed by atoms with E-state index in [1.54, 1.807) is 23.9 Å². The van der Waals surface area contributed by atoms with Crippen molar-refractivity contribution >= 4 is 11.8 Å². The molecule has 4 rings (SSSR count). The van der Waals surface area contributed by atoms with Gasteiger partial charge in [0, 0.05) is 11.3 Å². The second-order valence-corrected chi connectivity index (χ2v) is 7.42. The average molecular weight is 400 g/mol. The van der Waals surface area contributed by atoms with Crippen molar-refractivity contribution in [2.75, 3.05) is 0 Å². The maximum Gasteiger partial charge on any atom is 0.192 e. The lowest BCUT2D eigenvalue weighted by molar-refractivity contribution is 0.628. The van der Waals surface area contributed by atoms with Crippen molar-refractivity contribution in [2.24, 2.45) is 0 Å². The summed E-state index contributed by atoms with van der Waals surface area (Å²) in [5.74, 6) is 1.14. The quantitative estimate of drug-likeness (QED) is 0.412. The van der Waals surface area contributed by atoms with Gasteiger partial charge < -0.3 is 0 Å². The minimum absolute atomic E-state index is 0.279. The van der Waals surface area contributed by atoms with Crippen LogP contribution in [0.5, 0.6) is 0 Å². The van der Waals surface area contributed by atoms with Crippen LogP contribution in [0.1, 0.15) is 16.7 Å². The summed E-state index contributed by atoms with van der Waals surface area (Å²) >= 11 is 1.58. The summed E-state index contributed by atoms with van der Waals surface area (Å²) in [5.41, 5.74) is 3.70. The van der Waals surface area contributed by atoms with Crippen LogP contribution in [0.3, 0.4) is 0 Å². The van der Waals surface area contributed by atoms with Gasteiger partial charge in [0.25, 0.3) is 0 Å². The van der Waals surface area contributed by atoms with Crippen LogP contribution in [-0.2, 0) is 12.3 Å². The molecule has 0 atom stereocenters. The lowest BCUT2D eigenvalue weighted by Gasteiger charge is -2.11. The van der Waals surface area contributed by atoms with E-state index in [4.69, 9.17) is 5.26 Å². The molecule has 3 aromatic carbocycles. The average Bonchev–Trinajstić information content (AvgIpc) is 3.16. The lowest BCUT2D eigenvalue weighted by Crippen LogP contribution is -2.04. The summed E-state index contributed by atoms with van der Waals surface area (Å²) in [6.07, 6.45) is 0. The molecule has 0 aliphatic heterocycles. The fourth-order valence-corrected chi connectivity index (χ4v) is 3.83. The Balaban J connectivity index is 1.63. The van der Waals surface area contributed by atoms with Crippen molar-refractivity contribution in [3.8, 4) is 17.5 Å². The molecular weight excluding hydrogens is 383 g/mol. The van der Waals surface area contributed by atoms with E-state index in [0.29, 0.717) is 23.7 Å². The minimum Gasteiger partial charge on any atom is -0.298 e. The molecule has 0 amide bonds. The summed E-state index contributed by atoms with van der Waals surface area (Å²) in [6, 6.07) is 26.1. The zero-order chi connectivity index (χ0) is 20.1. The van der Waals surface area contributed by atoms with Crippen LogP contribution in [0.4, 0.5) is 4.39 Å². The predicted molar refractivity (Wildman–Crippen MR) is 112 cm³/mol. The topological polar surface area (TPSA) is 54.5 Å². The highest BCUT2D eigenvalue weighted by Crippen LogP contribution is 2.27. The van der Waals surface area contributed by atoms with E-state index in [9.17, 15) is 4.39 Å². The van der Waals surface area contributed by atoms with Crippen LogP contribution in [0, 0.1) is 17.1 Å². The van der Waals surface area contributed by atoms with Gasteiger partial charge >= 0.3 is 0 Å². The Labute approximate surface area is 172 Å². The molecule has 0 N–H and O–H groups in total. The molecule has 4 aromatic rings. The number of hydrogen-bond donors (Lipinski definition) is 0. The smallest absolute Gasteiger partial charge is 0.192 e. The first-order valence-corrected chi connectivity index (χ1v) is 10.1. The third-order valence-corrected chi connectivity index (χ3v) is 5.49. The summed E-state index contributed by atoms with van der Waals surface area (Å²) in [7, 11) is 0. The SMILES string of the molecule is N#Cc1ccc(CSc2nnc(-c3ccc(F)cc3)n2Cc2ccccc2)cc1. The van der Waals surface area contributed by atoms with Crippen molar-refractivity contribution in [3.63, 3.8) is 0 Å². The number of halogens is 1. The van der Waals surface area contributed by atoms with E-state index in [0.717, 1.165) is 21.8 Å². The molecule has 0 saturated carbocycles. The van der Waals surface area contributed by atoms with Crippen molar-refractivity contribution in [3.05, 3.63) is 101 Å². The first-order valence-electron chi connectivity index (χ1n) is 9.08. The van der Waals surface area contributed by atoms with E-state index >= 15 is 0 Å². The largest absolute Gasteiger partial charge is 0.298 e. The van der Waals surface area contributed by atoms with Gasteiger partial charge in [-0.15, -0.1) is 10.2 Å². The maximum atomic E-state index is 13.4. The number of aromatic nitrogens is 3. The molecule has 1 aromatic heterocycles. The zero-order valence-corrected chi connectivity index (χ0v) is 16.3. The second-order valence-electron chi connectivity index (χ2n) is 6.48. The first kappa shape index (κ1) is 18.9. The van der Waals surface area contributed by atoms with Gasteiger partial charge in [0.1, 0.15) is 5.82 Å². The Kier molecular flexibility index (Phi) is 5.68. The molecule has 4 nitrogen and oxygen atoms in total. The Bertz CT molecular complexity index is 1130. The Morgan fingerprint density at radius 1 is 0.862 bits per heavy atom. The van der Waals surface area contributed by atoms with Crippen LogP contribution >= 0.6 is 11.8 Å². The number of hydrogen-bond acceptors (Lipinski definition) is 4. The van der Waals surface area contributed by atoms with Gasteiger partial charge in [-0.2, -0.15) is 5.26 Å². The Morgan fingerprint density at radius 3 is 2.28 bits per heavy atom. The molecule has 0 radical (unpaired) electrons. The van der Waals surface area contributed by atoms with E-state index < -0.39 is 0 Å². The predicted octanol–water partition coefficient (Wildman–Crippen LogP) is 5.30. The number of nitriles is 1. The number of thioether (sulfide) groups is 1. The zero-order valence-electron chi connectivity index (χ0n) is 15.5. The molecule has 0 fully saturated rings. The molecular formula is C23H17FN4S. The highest BCUT2D eigenvalue weighted by molar-refractivity contribution is 7.98. The summed E-state index contributed by atoms with van der Waals surface area (Å²) in [5, 5.41) is 18.5. The van der Waals surface area contributed by atoms with Crippen LogP contribution in [-0.4, -0.2) is 14.8 Å². The summed E-state index contributed by atoms with van der Waals surface area (Å²) in [6.45, 7) is 0.621. The van der Waals surface area contributed by atoms with Gasteiger partial charge in [-0.3, -0.25) is 4.57 Å². The lowest BCUT2D eigenvalue weighted by atomic mass is 10.2. The van der Waals surface area contributed by atoms with Gasteiger partial charge in [0.05, 0.1) is 18.2 Å². The Hall–Kier alpha value is -3.43. The third-order valence-electron chi connectivity index (χ3n) is 4.45. The fourth-order valence-electron chi connectivity index (χ4n) is 2.94. The fraction of sp³-hybridized carbons (Fsp3) is 0.0870. The van der Waals surface area contributed by atoms with E-state index in [2.05, 4.69) is 33.0 Å². The van der Waals surface area contributed by atoms with Crippen LogP contribution in [0.15, 0.2) is 84.0 Å². The minimum atomic E-state index is -0.279. The normalized spacial score (nSPS) is 10.6. The van der Waals surface area contributed by atoms with Crippen molar-refractivity contribution < 1.29 is 4.39 Å². The molecule has 0 saturated heterocycles. The van der Waals surface area contributed by atoms with Crippen LogP contribution in [0.2, 0.25) is 0 Å². The summed E-state index contributed by atoms with van der Waals surface area (Å²) in [4.78, 5) is 0. The molecule has 0 aliphatic carbocycles. The van der Waals surface area contributed by atoms with Crippen molar-refractivity contribution in [1.29, 1.82) is 5.26 Å². The molecule has 0 bridgehead atoms. The van der Waals surface area contributed by atoms with Gasteiger partial charge in [0.15, 0.2) is 11.0 Å². The maximum absolute atomic E-state index is 13.4. The van der Waals surface area contributed by atoms with E-state index in [-0.39, 0.29) is 5.82 Å². The standard InChI is InChI=1S/C23H17FN4S/c24-21-12-10-20(11-13-21)22-26-27-23(28(22)15-18-4-2-1-3-5-18)29-16-19-8-6-17(14-25)7-9-19/h1-13H,15-16H2. The number of nitrogens with zero attached hydrogens (tertiary/aromatic N) is 4. The number of rotatable bonds is 6. The monoisotopic (exact) mass is 400 g/mol. The molecule has 1 heterocycles. The van der Waals surface area contributed by atoms with E-state index in [1.807, 2.05) is 42.5 Å². The van der Waals surface area contributed by atoms with Crippen molar-refractivity contribution in [2.45, 2.75) is 17.5 Å². The van der Waals surface area contributed by atoms with E-state index in [1.165, 1.54) is 12.1 Å². The highest BCUT2D eigenvalue weighted by Gasteiger charge is 2.15. The molecule has 0 spiro atoms. The molecule has 142 valence electrons.